The molecule has 0 N–H and O–H groups in total. The topological polar surface area (TPSA) is 23.8 Å². The molecule has 0 bridgehead atoms. The van der Waals surface area contributed by atoms with Crippen LogP contribution >= 0.6 is 0 Å². The summed E-state index contributed by atoms with van der Waals surface area (Å²) in [4.78, 5) is 0. The Morgan fingerprint density at radius 2 is 1.68 bits per heavy atom. The van der Waals surface area contributed by atoms with Gasteiger partial charge in [0.05, 0.1) is 6.07 Å². The summed E-state index contributed by atoms with van der Waals surface area (Å²) in [7, 11) is 0. The molecule has 1 aliphatic rings. The zero-order chi connectivity index (χ0) is 14.9. The third-order valence-corrected chi connectivity index (χ3v) is 4.94. The SMILES string of the molecule is N#CCCc1ccc2ccc3c4c(ccc3c2c1)CCCC4. The highest BCUT2D eigenvalue weighted by Gasteiger charge is 2.13. The zero-order valence-corrected chi connectivity index (χ0v) is 12.7. The molecule has 3 aromatic rings. The summed E-state index contributed by atoms with van der Waals surface area (Å²) < 4.78 is 0. The van der Waals surface area contributed by atoms with Crippen LogP contribution in [0, 0.1) is 11.3 Å². The van der Waals surface area contributed by atoms with Crippen LogP contribution in [0.25, 0.3) is 21.5 Å². The molecule has 0 unspecified atom stereocenters. The maximum Gasteiger partial charge on any atom is 0.0625 e. The lowest BCUT2D eigenvalue weighted by atomic mass is 9.86. The highest BCUT2D eigenvalue weighted by molar-refractivity contribution is 6.09. The molecule has 0 fully saturated rings. The minimum absolute atomic E-state index is 0.589. The first-order valence-corrected chi connectivity index (χ1v) is 8.20. The van der Waals surface area contributed by atoms with Gasteiger partial charge in [0, 0.05) is 6.42 Å². The summed E-state index contributed by atoms with van der Waals surface area (Å²) >= 11 is 0. The zero-order valence-electron chi connectivity index (χ0n) is 12.7. The molecule has 0 atom stereocenters. The number of benzene rings is 3. The lowest BCUT2D eigenvalue weighted by Gasteiger charge is -2.19. The van der Waals surface area contributed by atoms with E-state index in [0.717, 1.165) is 6.42 Å². The van der Waals surface area contributed by atoms with Crippen LogP contribution in [0.4, 0.5) is 0 Å². The van der Waals surface area contributed by atoms with Crippen LogP contribution in [0.5, 0.6) is 0 Å². The number of hydrogen-bond donors (Lipinski definition) is 0. The molecule has 0 heterocycles. The molecule has 108 valence electrons. The van der Waals surface area contributed by atoms with Crippen molar-refractivity contribution in [1.29, 1.82) is 5.26 Å². The van der Waals surface area contributed by atoms with Crippen molar-refractivity contribution in [3.8, 4) is 6.07 Å². The molecule has 22 heavy (non-hydrogen) atoms. The van der Waals surface area contributed by atoms with Crippen molar-refractivity contribution in [2.24, 2.45) is 0 Å². The van der Waals surface area contributed by atoms with Gasteiger partial charge >= 0.3 is 0 Å². The van der Waals surface area contributed by atoms with E-state index in [2.05, 4.69) is 48.5 Å². The number of hydrogen-bond acceptors (Lipinski definition) is 1. The van der Waals surface area contributed by atoms with Crippen molar-refractivity contribution in [2.45, 2.75) is 38.5 Å². The Hall–Kier alpha value is -2.33. The van der Waals surface area contributed by atoms with Gasteiger partial charge in [0.15, 0.2) is 0 Å². The van der Waals surface area contributed by atoms with Gasteiger partial charge in [-0.25, -0.2) is 0 Å². The Morgan fingerprint density at radius 1 is 0.864 bits per heavy atom. The van der Waals surface area contributed by atoms with E-state index in [1.54, 1.807) is 11.1 Å². The molecule has 1 heteroatoms. The van der Waals surface area contributed by atoms with Gasteiger partial charge in [-0.05, 0) is 70.3 Å². The molecule has 3 aromatic carbocycles. The number of aryl methyl sites for hydroxylation is 3. The molecule has 0 aromatic heterocycles. The maximum absolute atomic E-state index is 8.80. The Morgan fingerprint density at radius 3 is 2.59 bits per heavy atom. The van der Waals surface area contributed by atoms with Gasteiger partial charge < -0.3 is 0 Å². The molecule has 0 saturated carbocycles. The summed E-state index contributed by atoms with van der Waals surface area (Å²) in [6.07, 6.45) is 6.51. The van der Waals surface area contributed by atoms with Gasteiger partial charge in [-0.1, -0.05) is 42.5 Å². The molecule has 4 rings (SSSR count). The second-order valence-electron chi connectivity index (χ2n) is 6.28. The van der Waals surface area contributed by atoms with E-state index in [1.165, 1.54) is 52.8 Å². The van der Waals surface area contributed by atoms with Crippen LogP contribution < -0.4 is 0 Å². The molecule has 0 radical (unpaired) electrons. The predicted molar refractivity (Wildman–Crippen MR) is 92.0 cm³/mol. The number of nitrogens with zero attached hydrogens (tertiary/aromatic N) is 1. The highest BCUT2D eigenvalue weighted by Crippen LogP contribution is 2.33. The minimum Gasteiger partial charge on any atom is -0.198 e. The predicted octanol–water partition coefficient (Wildman–Crippen LogP) is 5.33. The fraction of sp³-hybridized carbons (Fsp3) is 0.286. The fourth-order valence-electron chi connectivity index (χ4n) is 3.79. The largest absolute Gasteiger partial charge is 0.198 e. The Balaban J connectivity index is 1.95. The highest BCUT2D eigenvalue weighted by atomic mass is 14.2. The summed E-state index contributed by atoms with van der Waals surface area (Å²) in [6, 6.07) is 18.1. The van der Waals surface area contributed by atoms with Gasteiger partial charge in [-0.2, -0.15) is 5.26 Å². The quantitative estimate of drug-likeness (QED) is 0.584. The third-order valence-electron chi connectivity index (χ3n) is 4.94. The smallest absolute Gasteiger partial charge is 0.0625 e. The number of rotatable bonds is 2. The summed E-state index contributed by atoms with van der Waals surface area (Å²) in [5.41, 5.74) is 4.37. The lowest BCUT2D eigenvalue weighted by Crippen LogP contribution is -2.03. The van der Waals surface area contributed by atoms with E-state index < -0.39 is 0 Å². The Kier molecular flexibility index (Phi) is 3.31. The molecule has 0 aliphatic heterocycles. The van der Waals surface area contributed by atoms with Crippen LogP contribution in [-0.2, 0) is 19.3 Å². The van der Waals surface area contributed by atoms with Crippen LogP contribution in [0.3, 0.4) is 0 Å². The minimum atomic E-state index is 0.589. The summed E-state index contributed by atoms with van der Waals surface area (Å²) in [5, 5.41) is 14.2. The van der Waals surface area contributed by atoms with E-state index in [0.29, 0.717) is 6.42 Å². The summed E-state index contributed by atoms with van der Waals surface area (Å²) in [6.45, 7) is 0. The van der Waals surface area contributed by atoms with E-state index >= 15 is 0 Å². The van der Waals surface area contributed by atoms with E-state index in [1.807, 2.05) is 0 Å². The van der Waals surface area contributed by atoms with Crippen LogP contribution in [-0.4, -0.2) is 0 Å². The standard InChI is InChI=1S/C21H19N/c22-13-3-4-15-7-8-17-10-11-19-18-6-2-1-5-16(18)9-12-20(19)21(17)14-15/h7-12,14H,1-6H2. The van der Waals surface area contributed by atoms with Crippen molar-refractivity contribution >= 4 is 21.5 Å². The average molecular weight is 285 g/mol. The monoisotopic (exact) mass is 285 g/mol. The molecular formula is C21H19N. The van der Waals surface area contributed by atoms with Gasteiger partial charge in [-0.15, -0.1) is 0 Å². The van der Waals surface area contributed by atoms with Gasteiger partial charge in [0.2, 0.25) is 0 Å². The second kappa shape index (κ2) is 5.46. The van der Waals surface area contributed by atoms with Gasteiger partial charge in [-0.3, -0.25) is 0 Å². The van der Waals surface area contributed by atoms with Crippen molar-refractivity contribution in [1.82, 2.24) is 0 Å². The normalized spacial score (nSPS) is 14.0. The van der Waals surface area contributed by atoms with E-state index in [4.69, 9.17) is 5.26 Å². The Bertz CT molecular complexity index is 899. The maximum atomic E-state index is 8.80. The van der Waals surface area contributed by atoms with Crippen molar-refractivity contribution in [3.63, 3.8) is 0 Å². The number of fused-ring (bicyclic) bond motifs is 5. The lowest BCUT2D eigenvalue weighted by molar-refractivity contribution is 0.690. The van der Waals surface area contributed by atoms with E-state index in [9.17, 15) is 0 Å². The second-order valence-corrected chi connectivity index (χ2v) is 6.28. The molecule has 0 spiro atoms. The van der Waals surface area contributed by atoms with E-state index in [-0.39, 0.29) is 0 Å². The molecule has 0 amide bonds. The third kappa shape index (κ3) is 2.16. The molecule has 0 saturated heterocycles. The average Bonchev–Trinajstić information content (AvgIpc) is 2.59. The first-order valence-electron chi connectivity index (χ1n) is 8.20. The Labute approximate surface area is 131 Å². The van der Waals surface area contributed by atoms with Crippen molar-refractivity contribution in [2.75, 3.05) is 0 Å². The molecule has 1 aliphatic carbocycles. The fourth-order valence-corrected chi connectivity index (χ4v) is 3.79. The molecule has 1 nitrogen and oxygen atoms in total. The first-order chi connectivity index (χ1) is 10.9. The molecular weight excluding hydrogens is 266 g/mol. The van der Waals surface area contributed by atoms with Gasteiger partial charge in [0.25, 0.3) is 0 Å². The summed E-state index contributed by atoms with van der Waals surface area (Å²) in [5.74, 6) is 0. The van der Waals surface area contributed by atoms with Crippen LogP contribution in [0.2, 0.25) is 0 Å². The first kappa shape index (κ1) is 13.3. The van der Waals surface area contributed by atoms with Crippen LogP contribution in [0.1, 0.15) is 36.0 Å². The van der Waals surface area contributed by atoms with Gasteiger partial charge in [0.1, 0.15) is 0 Å². The van der Waals surface area contributed by atoms with Crippen LogP contribution in [0.15, 0.2) is 42.5 Å². The van der Waals surface area contributed by atoms with Crippen molar-refractivity contribution in [3.05, 3.63) is 59.2 Å². The van der Waals surface area contributed by atoms with Crippen molar-refractivity contribution < 1.29 is 0 Å². The number of nitriles is 1.